The summed E-state index contributed by atoms with van der Waals surface area (Å²) in [6, 6.07) is 0. The summed E-state index contributed by atoms with van der Waals surface area (Å²) < 4.78 is 32.8. The highest BCUT2D eigenvalue weighted by molar-refractivity contribution is 7.92. The van der Waals surface area contributed by atoms with Crippen molar-refractivity contribution in [1.82, 2.24) is 20.2 Å². The minimum absolute atomic E-state index is 0.0374. The van der Waals surface area contributed by atoms with Crippen LogP contribution in [-0.4, -0.2) is 48.1 Å². The maximum atomic E-state index is 13.0. The number of aromatic nitrogens is 2. The van der Waals surface area contributed by atoms with Gasteiger partial charge in [-0.3, -0.25) is 0 Å². The van der Waals surface area contributed by atoms with Crippen LogP contribution < -0.4 is 10.6 Å². The van der Waals surface area contributed by atoms with Gasteiger partial charge in [0.05, 0.1) is 6.33 Å². The van der Waals surface area contributed by atoms with Crippen LogP contribution in [0.15, 0.2) is 17.6 Å². The average molecular weight is 358 g/mol. The van der Waals surface area contributed by atoms with Crippen LogP contribution >= 0.6 is 0 Å². The first kappa shape index (κ1) is 18.7. The Hall–Kier alpha value is -1.61. The minimum Gasteiger partial charge on any atom is -0.444 e. The Morgan fingerprint density at radius 3 is 2.54 bits per heavy atom. The SMILES string of the molecule is Cn1cnc(S(=O)(=O)C(NC(=O)OC(C)(C)C)C2CCNCC2)c1. The highest BCUT2D eigenvalue weighted by Crippen LogP contribution is 2.25. The quantitative estimate of drug-likeness (QED) is 0.834. The lowest BCUT2D eigenvalue weighted by molar-refractivity contribution is 0.0503. The van der Waals surface area contributed by atoms with E-state index in [9.17, 15) is 13.2 Å². The third-order valence-corrected chi connectivity index (χ3v) is 5.74. The summed E-state index contributed by atoms with van der Waals surface area (Å²) >= 11 is 0. The molecule has 2 N–H and O–H groups in total. The number of piperidine rings is 1. The molecule has 1 aliphatic rings. The molecule has 9 heteroatoms. The lowest BCUT2D eigenvalue weighted by Crippen LogP contribution is -2.50. The van der Waals surface area contributed by atoms with Gasteiger partial charge in [-0.1, -0.05) is 0 Å². The summed E-state index contributed by atoms with van der Waals surface area (Å²) in [5, 5.41) is 4.67. The molecule has 1 atom stereocenters. The number of imidazole rings is 1. The molecule has 8 nitrogen and oxygen atoms in total. The maximum absolute atomic E-state index is 13.0. The van der Waals surface area contributed by atoms with Crippen molar-refractivity contribution < 1.29 is 17.9 Å². The van der Waals surface area contributed by atoms with Gasteiger partial charge in [0.25, 0.3) is 0 Å². The van der Waals surface area contributed by atoms with E-state index in [4.69, 9.17) is 4.74 Å². The van der Waals surface area contributed by atoms with Crippen molar-refractivity contribution in [3.63, 3.8) is 0 Å². The van der Waals surface area contributed by atoms with Gasteiger partial charge in [0.1, 0.15) is 11.0 Å². The van der Waals surface area contributed by atoms with Crippen molar-refractivity contribution >= 4 is 15.9 Å². The fourth-order valence-corrected chi connectivity index (χ4v) is 4.48. The first-order valence-electron chi connectivity index (χ1n) is 8.02. The van der Waals surface area contributed by atoms with E-state index in [0.717, 1.165) is 13.1 Å². The molecule has 1 saturated heterocycles. The summed E-state index contributed by atoms with van der Waals surface area (Å²) in [6.45, 7) is 6.64. The van der Waals surface area contributed by atoms with Crippen molar-refractivity contribution in [3.05, 3.63) is 12.5 Å². The zero-order valence-electron chi connectivity index (χ0n) is 14.6. The second-order valence-electron chi connectivity index (χ2n) is 7.08. The van der Waals surface area contributed by atoms with Crippen molar-refractivity contribution in [3.8, 4) is 0 Å². The number of nitrogens with one attached hydrogen (secondary N) is 2. The van der Waals surface area contributed by atoms with Crippen LogP contribution in [0.3, 0.4) is 0 Å². The molecule has 0 aromatic carbocycles. The molecule has 0 spiro atoms. The summed E-state index contributed by atoms with van der Waals surface area (Å²) in [4.78, 5) is 16.1. The third kappa shape index (κ3) is 4.70. The van der Waals surface area contributed by atoms with Crippen LogP contribution in [0.4, 0.5) is 4.79 Å². The molecule has 0 bridgehead atoms. The molecule has 0 saturated carbocycles. The molecule has 1 amide bonds. The van der Waals surface area contributed by atoms with Crippen molar-refractivity contribution in [2.75, 3.05) is 13.1 Å². The van der Waals surface area contributed by atoms with Gasteiger partial charge in [-0.25, -0.2) is 18.2 Å². The Labute approximate surface area is 142 Å². The number of carbonyl (C=O) groups is 1. The Bertz CT molecular complexity index is 672. The molecule has 0 aliphatic carbocycles. The summed E-state index contributed by atoms with van der Waals surface area (Å²) in [5.74, 6) is -0.189. The standard InChI is InChI=1S/C15H26N4O4S/c1-15(2,3)23-14(20)18-13(11-5-7-16-8-6-11)24(21,22)12-9-19(4)10-17-12/h9-11,13,16H,5-8H2,1-4H3,(H,18,20). The van der Waals surface area contributed by atoms with Crippen LogP contribution in [0, 0.1) is 5.92 Å². The second-order valence-corrected chi connectivity index (χ2v) is 9.09. The minimum atomic E-state index is -3.80. The van der Waals surface area contributed by atoms with Crippen molar-refractivity contribution in [1.29, 1.82) is 0 Å². The first-order valence-corrected chi connectivity index (χ1v) is 9.56. The van der Waals surface area contributed by atoms with Gasteiger partial charge in [-0.05, 0) is 52.6 Å². The summed E-state index contributed by atoms with van der Waals surface area (Å²) in [6.07, 6.45) is 3.46. The van der Waals surface area contributed by atoms with E-state index in [2.05, 4.69) is 15.6 Å². The van der Waals surface area contributed by atoms with Gasteiger partial charge in [-0.2, -0.15) is 0 Å². The van der Waals surface area contributed by atoms with E-state index < -0.39 is 26.9 Å². The molecule has 2 heterocycles. The lowest BCUT2D eigenvalue weighted by Gasteiger charge is -2.31. The number of nitrogens with zero attached hydrogens (tertiary/aromatic N) is 2. The number of ether oxygens (including phenoxy) is 1. The van der Waals surface area contributed by atoms with Gasteiger partial charge < -0.3 is 19.9 Å². The highest BCUT2D eigenvalue weighted by atomic mass is 32.2. The van der Waals surface area contributed by atoms with Gasteiger partial charge in [0.15, 0.2) is 5.03 Å². The van der Waals surface area contributed by atoms with E-state index in [1.165, 1.54) is 12.5 Å². The molecule has 24 heavy (non-hydrogen) atoms. The Morgan fingerprint density at radius 1 is 1.42 bits per heavy atom. The predicted molar refractivity (Wildman–Crippen MR) is 89.1 cm³/mol. The fourth-order valence-electron chi connectivity index (χ4n) is 2.69. The van der Waals surface area contributed by atoms with E-state index >= 15 is 0 Å². The Morgan fingerprint density at radius 2 is 2.04 bits per heavy atom. The molecule has 1 fully saturated rings. The number of hydrogen-bond acceptors (Lipinski definition) is 6. The number of alkyl carbamates (subject to hydrolysis) is 1. The molecule has 1 aromatic heterocycles. The van der Waals surface area contributed by atoms with Crippen LogP contribution in [0.5, 0.6) is 0 Å². The number of aryl methyl sites for hydroxylation is 1. The molecular weight excluding hydrogens is 332 g/mol. The van der Waals surface area contributed by atoms with E-state index in [-0.39, 0.29) is 10.9 Å². The van der Waals surface area contributed by atoms with Crippen LogP contribution in [0.25, 0.3) is 0 Å². The zero-order chi connectivity index (χ0) is 18.0. The largest absolute Gasteiger partial charge is 0.444 e. The zero-order valence-corrected chi connectivity index (χ0v) is 15.4. The summed E-state index contributed by atoms with van der Waals surface area (Å²) in [7, 11) is -2.10. The van der Waals surface area contributed by atoms with Crippen molar-refractivity contribution in [2.24, 2.45) is 13.0 Å². The highest BCUT2D eigenvalue weighted by Gasteiger charge is 2.38. The van der Waals surface area contributed by atoms with E-state index in [0.29, 0.717) is 12.8 Å². The van der Waals surface area contributed by atoms with Gasteiger partial charge in [-0.15, -0.1) is 0 Å². The molecule has 1 unspecified atom stereocenters. The number of sulfone groups is 1. The Kier molecular flexibility index (Phi) is 5.54. The van der Waals surface area contributed by atoms with Crippen LogP contribution in [0.1, 0.15) is 33.6 Å². The molecule has 2 rings (SSSR count). The van der Waals surface area contributed by atoms with Crippen LogP contribution in [-0.2, 0) is 21.6 Å². The lowest BCUT2D eigenvalue weighted by atomic mass is 9.98. The number of rotatable bonds is 4. The van der Waals surface area contributed by atoms with Crippen molar-refractivity contribution in [2.45, 2.75) is 49.6 Å². The molecule has 1 aliphatic heterocycles. The third-order valence-electron chi connectivity index (χ3n) is 3.78. The maximum Gasteiger partial charge on any atom is 0.408 e. The van der Waals surface area contributed by atoms with E-state index in [1.807, 2.05) is 0 Å². The van der Waals surface area contributed by atoms with Gasteiger partial charge in [0, 0.05) is 13.2 Å². The first-order chi connectivity index (χ1) is 11.1. The van der Waals surface area contributed by atoms with Crippen LogP contribution in [0.2, 0.25) is 0 Å². The molecule has 1 aromatic rings. The second kappa shape index (κ2) is 7.10. The van der Waals surface area contributed by atoms with Gasteiger partial charge >= 0.3 is 6.09 Å². The molecule has 136 valence electrons. The topological polar surface area (TPSA) is 102 Å². The Balaban J connectivity index is 2.27. The predicted octanol–water partition coefficient (Wildman–Crippen LogP) is 1.04. The molecule has 0 radical (unpaired) electrons. The number of hydrogen-bond donors (Lipinski definition) is 2. The average Bonchev–Trinajstić information content (AvgIpc) is 2.91. The van der Waals surface area contributed by atoms with E-state index in [1.54, 1.807) is 32.4 Å². The fraction of sp³-hybridized carbons (Fsp3) is 0.733. The number of carbonyl (C=O) groups excluding carboxylic acids is 1. The smallest absolute Gasteiger partial charge is 0.408 e. The summed E-state index contributed by atoms with van der Waals surface area (Å²) in [5.41, 5.74) is -0.697. The monoisotopic (exact) mass is 358 g/mol. The normalized spacial score (nSPS) is 18.2. The number of amides is 1. The molecular formula is C15H26N4O4S. The van der Waals surface area contributed by atoms with Gasteiger partial charge in [0.2, 0.25) is 9.84 Å².